The van der Waals surface area contributed by atoms with Crippen molar-refractivity contribution in [1.29, 1.82) is 0 Å². The lowest BCUT2D eigenvalue weighted by molar-refractivity contribution is -0.156. The van der Waals surface area contributed by atoms with Crippen molar-refractivity contribution in [3.8, 4) is 0 Å². The summed E-state index contributed by atoms with van der Waals surface area (Å²) in [5.74, 6) is 0.351. The molecule has 1 aliphatic carbocycles. The number of rotatable bonds is 6. The third-order valence-electron chi connectivity index (χ3n) is 3.89. The van der Waals surface area contributed by atoms with Gasteiger partial charge in [-0.05, 0) is 38.6 Å². The molecule has 0 radical (unpaired) electrons. The number of ether oxygens (including phenoxy) is 1. The van der Waals surface area contributed by atoms with Gasteiger partial charge in [0.25, 0.3) is 0 Å². The highest BCUT2D eigenvalue weighted by Crippen LogP contribution is 2.45. The Balaban J connectivity index is 2.66. The molecule has 0 aromatic heterocycles. The summed E-state index contributed by atoms with van der Waals surface area (Å²) in [6.45, 7) is 6.49. The average molecular weight is 241 g/mol. The number of hydrogen-bond donors (Lipinski definition) is 1. The SMILES string of the molecule is CCOC(=O)[C@]1(C)C[C@H](NBOC)C[C@@H]1CC. The summed E-state index contributed by atoms with van der Waals surface area (Å²) >= 11 is 0. The van der Waals surface area contributed by atoms with E-state index in [0.717, 1.165) is 19.3 Å². The van der Waals surface area contributed by atoms with Gasteiger partial charge in [0.1, 0.15) is 0 Å². The smallest absolute Gasteiger partial charge is 0.360 e. The van der Waals surface area contributed by atoms with Gasteiger partial charge in [-0.2, -0.15) is 0 Å². The molecule has 0 saturated heterocycles. The van der Waals surface area contributed by atoms with Crippen molar-refractivity contribution < 1.29 is 14.2 Å². The fourth-order valence-electron chi connectivity index (χ4n) is 2.89. The second-order valence-electron chi connectivity index (χ2n) is 5.02. The Morgan fingerprint density at radius 2 is 2.24 bits per heavy atom. The fourth-order valence-corrected chi connectivity index (χ4v) is 2.89. The minimum atomic E-state index is -0.337. The van der Waals surface area contributed by atoms with Crippen molar-refractivity contribution in [1.82, 2.24) is 5.23 Å². The molecular weight excluding hydrogens is 217 g/mol. The van der Waals surface area contributed by atoms with Gasteiger partial charge in [-0.15, -0.1) is 0 Å². The maximum absolute atomic E-state index is 12.1. The van der Waals surface area contributed by atoms with Gasteiger partial charge in [0, 0.05) is 7.11 Å². The molecule has 1 fully saturated rings. The first-order chi connectivity index (χ1) is 8.08. The van der Waals surface area contributed by atoms with Crippen LogP contribution < -0.4 is 5.23 Å². The molecule has 0 aliphatic heterocycles. The molecule has 98 valence electrons. The third-order valence-corrected chi connectivity index (χ3v) is 3.89. The Labute approximate surface area is 105 Å². The predicted octanol–water partition coefficient (Wildman–Crippen LogP) is 1.25. The minimum absolute atomic E-state index is 0.0476. The first kappa shape index (κ1) is 14.5. The van der Waals surface area contributed by atoms with Gasteiger partial charge in [-0.1, -0.05) is 13.3 Å². The van der Waals surface area contributed by atoms with Gasteiger partial charge in [0.05, 0.1) is 12.0 Å². The molecule has 5 heteroatoms. The van der Waals surface area contributed by atoms with Crippen molar-refractivity contribution in [2.24, 2.45) is 11.3 Å². The quantitative estimate of drug-likeness (QED) is 0.561. The van der Waals surface area contributed by atoms with Crippen LogP contribution in [0.3, 0.4) is 0 Å². The van der Waals surface area contributed by atoms with E-state index in [9.17, 15) is 4.79 Å². The molecule has 0 amide bonds. The largest absolute Gasteiger partial charge is 0.466 e. The minimum Gasteiger partial charge on any atom is -0.466 e. The van der Waals surface area contributed by atoms with Crippen molar-refractivity contribution >= 4 is 13.6 Å². The van der Waals surface area contributed by atoms with Crippen LogP contribution in [0.4, 0.5) is 0 Å². The lowest BCUT2D eigenvalue weighted by atomic mass is 9.78. The van der Waals surface area contributed by atoms with Crippen LogP contribution >= 0.6 is 0 Å². The van der Waals surface area contributed by atoms with Crippen LogP contribution in [0.1, 0.15) is 40.0 Å². The highest BCUT2D eigenvalue weighted by Gasteiger charge is 2.48. The number of esters is 1. The van der Waals surface area contributed by atoms with Gasteiger partial charge in [0.2, 0.25) is 0 Å². The van der Waals surface area contributed by atoms with Crippen molar-refractivity contribution in [2.75, 3.05) is 13.7 Å². The number of hydrogen-bond acceptors (Lipinski definition) is 4. The molecule has 0 spiro atoms. The number of nitrogens with one attached hydrogen (secondary N) is 1. The summed E-state index contributed by atoms with van der Waals surface area (Å²) in [7, 11) is 2.21. The Kier molecular flexibility index (Phi) is 5.47. The zero-order valence-electron chi connectivity index (χ0n) is 11.4. The van der Waals surface area contributed by atoms with Crippen molar-refractivity contribution in [3.63, 3.8) is 0 Å². The summed E-state index contributed by atoms with van der Waals surface area (Å²) in [5.41, 5.74) is -0.337. The van der Waals surface area contributed by atoms with Crippen LogP contribution in [-0.4, -0.2) is 33.3 Å². The van der Waals surface area contributed by atoms with Crippen LogP contribution in [0.2, 0.25) is 0 Å². The Bertz CT molecular complexity index is 262. The highest BCUT2D eigenvalue weighted by atomic mass is 16.5. The molecule has 1 saturated carbocycles. The molecule has 4 nitrogen and oxygen atoms in total. The molecule has 0 bridgehead atoms. The molecule has 0 heterocycles. The topological polar surface area (TPSA) is 47.6 Å². The molecule has 0 aromatic rings. The monoisotopic (exact) mass is 241 g/mol. The first-order valence-corrected chi connectivity index (χ1v) is 6.48. The highest BCUT2D eigenvalue weighted by molar-refractivity contribution is 6.23. The average Bonchev–Trinajstić information content (AvgIpc) is 2.65. The van der Waals surface area contributed by atoms with E-state index in [1.54, 1.807) is 7.11 Å². The standard InChI is InChI=1S/C12H24BNO3/c1-5-9-7-10(14-13-16-4)8-12(9,3)11(15)17-6-2/h9-10,13-14H,5-8H2,1-4H3/t9-,10+,12+/m0/s1. The summed E-state index contributed by atoms with van der Waals surface area (Å²) in [6, 6.07) is 0.356. The van der Waals surface area contributed by atoms with Crippen LogP contribution in [0.25, 0.3) is 0 Å². The normalized spacial score (nSPS) is 32.5. The van der Waals surface area contributed by atoms with Crippen molar-refractivity contribution in [2.45, 2.75) is 46.1 Å². The van der Waals surface area contributed by atoms with E-state index in [4.69, 9.17) is 9.39 Å². The van der Waals surface area contributed by atoms with Crippen LogP contribution in [0, 0.1) is 11.3 Å². The van der Waals surface area contributed by atoms with E-state index < -0.39 is 0 Å². The van der Waals surface area contributed by atoms with Gasteiger partial charge in [-0.3, -0.25) is 4.79 Å². The summed E-state index contributed by atoms with van der Waals surface area (Å²) in [5, 5.41) is 3.32. The maximum Gasteiger partial charge on any atom is 0.360 e. The molecule has 3 atom stereocenters. The number of carbonyl (C=O) groups excluding carboxylic acids is 1. The summed E-state index contributed by atoms with van der Waals surface area (Å²) < 4.78 is 10.2. The lowest BCUT2D eigenvalue weighted by Gasteiger charge is -2.28. The van der Waals surface area contributed by atoms with E-state index in [0.29, 0.717) is 26.2 Å². The van der Waals surface area contributed by atoms with E-state index in [1.807, 2.05) is 13.8 Å². The Morgan fingerprint density at radius 1 is 1.53 bits per heavy atom. The summed E-state index contributed by atoms with van der Waals surface area (Å²) in [6.07, 6.45) is 2.88. The van der Waals surface area contributed by atoms with E-state index in [2.05, 4.69) is 12.2 Å². The maximum atomic E-state index is 12.1. The number of carbonyl (C=O) groups is 1. The molecular formula is C12H24BNO3. The van der Waals surface area contributed by atoms with Crippen LogP contribution in [-0.2, 0) is 14.2 Å². The Morgan fingerprint density at radius 3 is 2.76 bits per heavy atom. The third kappa shape index (κ3) is 3.22. The first-order valence-electron chi connectivity index (χ1n) is 6.48. The molecule has 1 rings (SSSR count). The Hall–Kier alpha value is -0.545. The van der Waals surface area contributed by atoms with Gasteiger partial charge >= 0.3 is 13.6 Å². The van der Waals surface area contributed by atoms with Crippen molar-refractivity contribution in [3.05, 3.63) is 0 Å². The van der Waals surface area contributed by atoms with Crippen LogP contribution in [0.5, 0.6) is 0 Å². The molecule has 1 aliphatic rings. The van der Waals surface area contributed by atoms with Crippen LogP contribution in [0.15, 0.2) is 0 Å². The zero-order chi connectivity index (χ0) is 12.9. The van der Waals surface area contributed by atoms with Gasteiger partial charge in [-0.25, -0.2) is 0 Å². The van der Waals surface area contributed by atoms with E-state index in [-0.39, 0.29) is 11.4 Å². The van der Waals surface area contributed by atoms with Gasteiger partial charge < -0.3 is 14.6 Å². The second kappa shape index (κ2) is 6.40. The summed E-state index contributed by atoms with van der Waals surface area (Å²) in [4.78, 5) is 12.1. The van der Waals surface area contributed by atoms with Gasteiger partial charge in [0.15, 0.2) is 0 Å². The van der Waals surface area contributed by atoms with E-state index >= 15 is 0 Å². The lowest BCUT2D eigenvalue weighted by Crippen LogP contribution is -2.35. The second-order valence-corrected chi connectivity index (χ2v) is 5.02. The zero-order valence-corrected chi connectivity index (χ0v) is 11.4. The molecule has 1 N–H and O–H groups in total. The molecule has 17 heavy (non-hydrogen) atoms. The molecule has 0 aromatic carbocycles. The van der Waals surface area contributed by atoms with E-state index in [1.165, 1.54) is 0 Å². The fraction of sp³-hybridized carbons (Fsp3) is 0.917. The predicted molar refractivity (Wildman–Crippen MR) is 68.8 cm³/mol. The molecule has 0 unspecified atom stereocenters.